The van der Waals surface area contributed by atoms with Gasteiger partial charge in [0, 0.05) is 17.6 Å². The highest BCUT2D eigenvalue weighted by molar-refractivity contribution is 7.99. The molecule has 0 saturated heterocycles. The van der Waals surface area contributed by atoms with Gasteiger partial charge < -0.3 is 10.5 Å². The van der Waals surface area contributed by atoms with E-state index < -0.39 is 5.97 Å². The summed E-state index contributed by atoms with van der Waals surface area (Å²) in [5, 5.41) is 11.7. The molecule has 0 aliphatic rings. The molecule has 0 spiro atoms. The van der Waals surface area contributed by atoms with Crippen LogP contribution in [0.5, 0.6) is 0 Å². The van der Waals surface area contributed by atoms with Crippen molar-refractivity contribution in [2.45, 2.75) is 10.1 Å². The van der Waals surface area contributed by atoms with Crippen molar-refractivity contribution in [2.75, 3.05) is 12.8 Å². The van der Waals surface area contributed by atoms with Crippen molar-refractivity contribution in [3.63, 3.8) is 0 Å². The summed E-state index contributed by atoms with van der Waals surface area (Å²) >= 11 is 1.34. The molecule has 0 radical (unpaired) electrons. The van der Waals surface area contributed by atoms with Gasteiger partial charge in [-0.15, -0.1) is 5.10 Å². The Hall–Kier alpha value is -2.09. The van der Waals surface area contributed by atoms with Gasteiger partial charge in [-0.25, -0.2) is 9.48 Å². The van der Waals surface area contributed by atoms with Crippen molar-refractivity contribution in [2.24, 2.45) is 7.05 Å². The molecule has 94 valence electrons. The van der Waals surface area contributed by atoms with E-state index in [2.05, 4.69) is 20.3 Å². The highest BCUT2D eigenvalue weighted by atomic mass is 32.2. The van der Waals surface area contributed by atoms with Gasteiger partial charge in [-0.2, -0.15) is 0 Å². The summed E-state index contributed by atoms with van der Waals surface area (Å²) in [7, 11) is 3.05. The molecule has 0 saturated carbocycles. The van der Waals surface area contributed by atoms with Crippen LogP contribution in [0, 0.1) is 0 Å². The molecule has 1 aromatic heterocycles. The van der Waals surface area contributed by atoms with Gasteiger partial charge in [0.2, 0.25) is 5.16 Å². The van der Waals surface area contributed by atoms with Gasteiger partial charge in [0.05, 0.1) is 12.7 Å². The number of ether oxygens (including phenoxy) is 1. The van der Waals surface area contributed by atoms with Crippen LogP contribution >= 0.6 is 11.8 Å². The molecule has 0 atom stereocenters. The molecular weight excluding hydrogens is 254 g/mol. The number of aromatic nitrogens is 4. The summed E-state index contributed by atoms with van der Waals surface area (Å²) in [5.74, 6) is -0.467. The molecule has 1 heterocycles. The van der Waals surface area contributed by atoms with E-state index in [1.54, 1.807) is 29.9 Å². The van der Waals surface area contributed by atoms with Crippen molar-refractivity contribution in [1.82, 2.24) is 20.2 Å². The summed E-state index contributed by atoms with van der Waals surface area (Å²) in [5.41, 5.74) is 6.42. The van der Waals surface area contributed by atoms with E-state index in [1.807, 2.05) is 0 Å². The second kappa shape index (κ2) is 5.05. The largest absolute Gasteiger partial charge is 0.465 e. The normalized spacial score (nSPS) is 10.3. The number of nitrogen functional groups attached to an aromatic ring is 1. The van der Waals surface area contributed by atoms with E-state index in [1.165, 1.54) is 18.9 Å². The Morgan fingerprint density at radius 3 is 2.89 bits per heavy atom. The number of anilines is 1. The molecule has 2 aromatic rings. The average molecular weight is 265 g/mol. The fraction of sp³-hybridized carbons (Fsp3) is 0.200. The maximum atomic E-state index is 11.5. The van der Waals surface area contributed by atoms with Gasteiger partial charge in [0.25, 0.3) is 0 Å². The first-order chi connectivity index (χ1) is 8.61. The van der Waals surface area contributed by atoms with E-state index >= 15 is 0 Å². The molecule has 2 N–H and O–H groups in total. The Bertz CT molecular complexity index is 583. The van der Waals surface area contributed by atoms with Gasteiger partial charge in [0.15, 0.2) is 0 Å². The minimum absolute atomic E-state index is 0.331. The highest BCUT2D eigenvalue weighted by Crippen LogP contribution is 2.27. The van der Waals surface area contributed by atoms with Crippen molar-refractivity contribution >= 4 is 23.4 Å². The molecule has 0 fully saturated rings. The molecule has 0 aliphatic heterocycles. The SMILES string of the molecule is COC(=O)c1cc(Sc2nnnn2C)ccc1N. The number of benzene rings is 1. The van der Waals surface area contributed by atoms with E-state index in [9.17, 15) is 4.79 Å². The monoisotopic (exact) mass is 265 g/mol. The number of tetrazole rings is 1. The molecule has 0 bridgehead atoms. The van der Waals surface area contributed by atoms with Gasteiger partial charge in [0.1, 0.15) is 0 Å². The topological polar surface area (TPSA) is 95.9 Å². The van der Waals surface area contributed by atoms with Gasteiger partial charge in [-0.05, 0) is 40.4 Å². The van der Waals surface area contributed by atoms with Crippen molar-refractivity contribution in [1.29, 1.82) is 0 Å². The molecular formula is C10H11N5O2S. The van der Waals surface area contributed by atoms with Gasteiger partial charge in [-0.1, -0.05) is 0 Å². The maximum Gasteiger partial charge on any atom is 0.339 e. The zero-order valence-corrected chi connectivity index (χ0v) is 10.6. The number of rotatable bonds is 3. The van der Waals surface area contributed by atoms with E-state index in [0.29, 0.717) is 16.4 Å². The molecule has 2 rings (SSSR count). The quantitative estimate of drug-likeness (QED) is 0.645. The first-order valence-corrected chi connectivity index (χ1v) is 5.81. The molecule has 0 aliphatic carbocycles. The third-order valence-electron chi connectivity index (χ3n) is 2.22. The van der Waals surface area contributed by atoms with Crippen LogP contribution in [-0.4, -0.2) is 33.3 Å². The zero-order chi connectivity index (χ0) is 13.1. The van der Waals surface area contributed by atoms with Crippen molar-refractivity contribution in [3.05, 3.63) is 23.8 Å². The lowest BCUT2D eigenvalue weighted by Gasteiger charge is -2.06. The number of hydrogen-bond donors (Lipinski definition) is 1. The molecule has 7 nitrogen and oxygen atoms in total. The minimum atomic E-state index is -0.467. The Labute approximate surface area is 107 Å². The lowest BCUT2D eigenvalue weighted by molar-refractivity contribution is 0.0601. The number of hydrogen-bond acceptors (Lipinski definition) is 7. The Balaban J connectivity index is 2.30. The number of methoxy groups -OCH3 is 1. The van der Waals surface area contributed by atoms with Gasteiger partial charge >= 0.3 is 5.97 Å². The Kier molecular flexibility index (Phi) is 3.47. The number of nitrogens with zero attached hydrogens (tertiary/aromatic N) is 4. The molecule has 0 amide bonds. The van der Waals surface area contributed by atoms with Crippen LogP contribution in [-0.2, 0) is 11.8 Å². The number of aryl methyl sites for hydroxylation is 1. The van der Waals surface area contributed by atoms with Crippen LogP contribution in [0.3, 0.4) is 0 Å². The van der Waals surface area contributed by atoms with Crippen LogP contribution in [0.2, 0.25) is 0 Å². The first kappa shape index (κ1) is 12.4. The average Bonchev–Trinajstić information content (AvgIpc) is 2.76. The number of nitrogens with two attached hydrogens (primary N) is 1. The third kappa shape index (κ3) is 2.43. The van der Waals surface area contributed by atoms with Crippen LogP contribution in [0.1, 0.15) is 10.4 Å². The maximum absolute atomic E-state index is 11.5. The predicted molar refractivity (Wildman–Crippen MR) is 65.1 cm³/mol. The van der Waals surface area contributed by atoms with Crippen molar-refractivity contribution < 1.29 is 9.53 Å². The summed E-state index contributed by atoms with van der Waals surface area (Å²) in [6.07, 6.45) is 0. The van der Waals surface area contributed by atoms with Crippen LogP contribution in [0.15, 0.2) is 28.3 Å². The summed E-state index contributed by atoms with van der Waals surface area (Å²) < 4.78 is 6.20. The first-order valence-electron chi connectivity index (χ1n) is 5.00. The van der Waals surface area contributed by atoms with E-state index in [4.69, 9.17) is 5.73 Å². The smallest absolute Gasteiger partial charge is 0.339 e. The molecule has 1 aromatic carbocycles. The van der Waals surface area contributed by atoms with Gasteiger partial charge in [-0.3, -0.25) is 0 Å². The fourth-order valence-corrected chi connectivity index (χ4v) is 2.07. The molecule has 18 heavy (non-hydrogen) atoms. The lowest BCUT2D eigenvalue weighted by Crippen LogP contribution is -2.05. The predicted octanol–water partition coefficient (Wildman–Crippen LogP) is 0.730. The number of carbonyl (C=O) groups excluding carboxylic acids is 1. The Morgan fingerprint density at radius 2 is 2.28 bits per heavy atom. The van der Waals surface area contributed by atoms with Crippen LogP contribution in [0.25, 0.3) is 0 Å². The summed E-state index contributed by atoms with van der Waals surface area (Å²) in [6, 6.07) is 5.10. The van der Waals surface area contributed by atoms with Crippen LogP contribution < -0.4 is 5.73 Å². The fourth-order valence-electron chi connectivity index (χ4n) is 1.30. The Morgan fingerprint density at radius 1 is 1.50 bits per heavy atom. The zero-order valence-electron chi connectivity index (χ0n) is 9.82. The third-order valence-corrected chi connectivity index (χ3v) is 3.24. The van der Waals surface area contributed by atoms with Crippen molar-refractivity contribution in [3.8, 4) is 0 Å². The number of esters is 1. The second-order valence-electron chi connectivity index (χ2n) is 3.43. The van der Waals surface area contributed by atoms with E-state index in [-0.39, 0.29) is 0 Å². The summed E-state index contributed by atoms with van der Waals surface area (Å²) in [6.45, 7) is 0. The molecule has 8 heteroatoms. The lowest BCUT2D eigenvalue weighted by atomic mass is 10.2. The minimum Gasteiger partial charge on any atom is -0.465 e. The summed E-state index contributed by atoms with van der Waals surface area (Å²) in [4.78, 5) is 12.3. The second-order valence-corrected chi connectivity index (χ2v) is 4.47. The molecule has 0 unspecified atom stereocenters. The number of carbonyl (C=O) groups is 1. The van der Waals surface area contributed by atoms with E-state index in [0.717, 1.165) is 4.90 Å². The highest BCUT2D eigenvalue weighted by Gasteiger charge is 2.12. The van der Waals surface area contributed by atoms with Crippen LogP contribution in [0.4, 0.5) is 5.69 Å². The standard InChI is InChI=1S/C10H11N5O2S/c1-15-10(12-13-14-15)18-6-3-4-8(11)7(5-6)9(16)17-2/h3-5H,11H2,1-2H3.